The standard InChI is InChI=1S/C20H22F3N5O2/c1-12-7-15(17(29)30-2)26-18(25-12)28-9-13-8-27(10-19(13,24)11-28)16-6-4-3-5-14(16)20(21,22)23/h3-7,13H,8-11,24H2,1-2H3/t13-,19-/m0/s1. The van der Waals surface area contributed by atoms with Crippen LogP contribution in [0.1, 0.15) is 21.7 Å². The fourth-order valence-corrected chi connectivity index (χ4v) is 4.33. The number of carbonyl (C=O) groups excluding carboxylic acids is 1. The van der Waals surface area contributed by atoms with Gasteiger partial charge in [0.2, 0.25) is 5.95 Å². The Morgan fingerprint density at radius 3 is 2.53 bits per heavy atom. The van der Waals surface area contributed by atoms with Crippen LogP contribution in [0.5, 0.6) is 0 Å². The second kappa shape index (κ2) is 7.12. The molecule has 2 aliphatic rings. The van der Waals surface area contributed by atoms with E-state index >= 15 is 0 Å². The minimum absolute atomic E-state index is 0.0653. The topological polar surface area (TPSA) is 84.6 Å². The molecule has 2 aliphatic heterocycles. The Morgan fingerprint density at radius 1 is 1.20 bits per heavy atom. The minimum Gasteiger partial charge on any atom is -0.464 e. The lowest BCUT2D eigenvalue weighted by Gasteiger charge is -2.28. The van der Waals surface area contributed by atoms with Gasteiger partial charge in [-0.3, -0.25) is 0 Å². The van der Waals surface area contributed by atoms with Gasteiger partial charge in [-0.1, -0.05) is 12.1 Å². The molecule has 160 valence electrons. The van der Waals surface area contributed by atoms with E-state index < -0.39 is 23.2 Å². The van der Waals surface area contributed by atoms with Crippen LogP contribution in [0.4, 0.5) is 24.8 Å². The van der Waals surface area contributed by atoms with Crippen molar-refractivity contribution >= 4 is 17.6 Å². The Kier molecular flexibility index (Phi) is 4.84. The van der Waals surface area contributed by atoms with Crippen LogP contribution in [0, 0.1) is 12.8 Å². The van der Waals surface area contributed by atoms with E-state index in [1.54, 1.807) is 24.0 Å². The molecule has 0 amide bonds. The van der Waals surface area contributed by atoms with Gasteiger partial charge in [-0.25, -0.2) is 14.8 Å². The summed E-state index contributed by atoms with van der Waals surface area (Å²) in [5, 5.41) is 0. The highest BCUT2D eigenvalue weighted by Gasteiger charge is 2.51. The summed E-state index contributed by atoms with van der Waals surface area (Å²) in [5.74, 6) is -0.250. The summed E-state index contributed by atoms with van der Waals surface area (Å²) in [6, 6.07) is 7.10. The molecule has 1 aromatic carbocycles. The van der Waals surface area contributed by atoms with E-state index in [4.69, 9.17) is 10.5 Å². The number of benzene rings is 1. The second-order valence-electron chi connectivity index (χ2n) is 7.89. The van der Waals surface area contributed by atoms with Crippen LogP contribution in [0.15, 0.2) is 30.3 Å². The number of nitrogens with zero attached hydrogens (tertiary/aromatic N) is 4. The molecule has 3 heterocycles. The van der Waals surface area contributed by atoms with Crippen LogP contribution in [0.3, 0.4) is 0 Å². The Hall–Kier alpha value is -2.88. The Labute approximate surface area is 171 Å². The molecule has 30 heavy (non-hydrogen) atoms. The number of esters is 1. The second-order valence-corrected chi connectivity index (χ2v) is 7.89. The predicted octanol–water partition coefficient (Wildman–Crippen LogP) is 2.24. The van der Waals surface area contributed by atoms with Gasteiger partial charge in [0.15, 0.2) is 5.69 Å². The number of hydrogen-bond acceptors (Lipinski definition) is 7. The molecular weight excluding hydrogens is 399 g/mol. The number of anilines is 2. The molecule has 2 atom stereocenters. The maximum Gasteiger partial charge on any atom is 0.418 e. The first-order valence-electron chi connectivity index (χ1n) is 9.50. The van der Waals surface area contributed by atoms with Crippen LogP contribution in [0.2, 0.25) is 0 Å². The maximum absolute atomic E-state index is 13.4. The third-order valence-corrected chi connectivity index (χ3v) is 5.73. The van der Waals surface area contributed by atoms with Gasteiger partial charge < -0.3 is 20.3 Å². The van der Waals surface area contributed by atoms with E-state index in [1.165, 1.54) is 19.2 Å². The van der Waals surface area contributed by atoms with Gasteiger partial charge in [-0.05, 0) is 25.1 Å². The first kappa shape index (κ1) is 20.4. The largest absolute Gasteiger partial charge is 0.464 e. The van der Waals surface area contributed by atoms with E-state index in [9.17, 15) is 18.0 Å². The fraction of sp³-hybridized carbons (Fsp3) is 0.450. The summed E-state index contributed by atoms with van der Waals surface area (Å²) in [6.07, 6.45) is -4.43. The average molecular weight is 421 g/mol. The number of nitrogens with two attached hydrogens (primary N) is 1. The Morgan fingerprint density at radius 2 is 1.87 bits per heavy atom. The lowest BCUT2D eigenvalue weighted by atomic mass is 9.92. The van der Waals surface area contributed by atoms with E-state index in [0.717, 1.165) is 6.07 Å². The zero-order valence-corrected chi connectivity index (χ0v) is 16.6. The number of aryl methyl sites for hydroxylation is 1. The first-order valence-corrected chi connectivity index (χ1v) is 9.50. The first-order chi connectivity index (χ1) is 14.1. The summed E-state index contributed by atoms with van der Waals surface area (Å²) in [7, 11) is 1.28. The molecule has 10 heteroatoms. The zero-order chi connectivity index (χ0) is 21.7. The SMILES string of the molecule is COC(=O)c1cc(C)nc(N2C[C@@H]3CN(c4ccccc4C(F)(F)F)C[C@]3(N)C2)n1. The van der Waals surface area contributed by atoms with Crippen molar-refractivity contribution in [2.24, 2.45) is 11.7 Å². The van der Waals surface area contributed by atoms with Gasteiger partial charge in [-0.2, -0.15) is 13.2 Å². The van der Waals surface area contributed by atoms with E-state index in [0.29, 0.717) is 31.3 Å². The van der Waals surface area contributed by atoms with Crippen LogP contribution < -0.4 is 15.5 Å². The van der Waals surface area contributed by atoms with Crippen LogP contribution in [-0.4, -0.2) is 54.8 Å². The summed E-state index contributed by atoms with van der Waals surface area (Å²) in [6.45, 7) is 3.31. The average Bonchev–Trinajstić information content (AvgIpc) is 3.18. The van der Waals surface area contributed by atoms with Gasteiger partial charge in [0, 0.05) is 43.5 Å². The molecule has 4 rings (SSSR count). The smallest absolute Gasteiger partial charge is 0.418 e. The van der Waals surface area contributed by atoms with Crippen molar-refractivity contribution in [2.75, 3.05) is 43.1 Å². The lowest BCUT2D eigenvalue weighted by molar-refractivity contribution is -0.137. The van der Waals surface area contributed by atoms with Crippen molar-refractivity contribution in [3.05, 3.63) is 47.3 Å². The number of ether oxygens (including phenoxy) is 1. The maximum atomic E-state index is 13.4. The molecule has 2 saturated heterocycles. The predicted molar refractivity (Wildman–Crippen MR) is 104 cm³/mol. The molecule has 0 saturated carbocycles. The third kappa shape index (κ3) is 3.55. The molecule has 0 unspecified atom stereocenters. The number of aromatic nitrogens is 2. The number of carbonyl (C=O) groups is 1. The lowest BCUT2D eigenvalue weighted by Crippen LogP contribution is -2.49. The van der Waals surface area contributed by atoms with Crippen molar-refractivity contribution in [1.82, 2.24) is 9.97 Å². The molecule has 7 nitrogen and oxygen atoms in total. The normalized spacial score (nSPS) is 23.6. The number of hydrogen-bond donors (Lipinski definition) is 1. The van der Waals surface area contributed by atoms with Crippen molar-refractivity contribution in [3.63, 3.8) is 0 Å². The molecule has 2 aromatic rings. The highest BCUT2D eigenvalue weighted by atomic mass is 19.4. The number of methoxy groups -OCH3 is 1. The number of fused-ring (bicyclic) bond motifs is 1. The molecule has 1 aromatic heterocycles. The number of rotatable bonds is 3. The summed E-state index contributed by atoms with van der Waals surface area (Å²) in [5.41, 5.74) is 6.18. The third-order valence-electron chi connectivity index (χ3n) is 5.73. The Balaban J connectivity index is 1.56. The van der Waals surface area contributed by atoms with Crippen LogP contribution >= 0.6 is 0 Å². The summed E-state index contributed by atoms with van der Waals surface area (Å²) >= 11 is 0. The fourth-order valence-electron chi connectivity index (χ4n) is 4.33. The van der Waals surface area contributed by atoms with Gasteiger partial charge in [0.1, 0.15) is 0 Å². The van der Waals surface area contributed by atoms with Crippen molar-refractivity contribution in [1.29, 1.82) is 0 Å². The van der Waals surface area contributed by atoms with Gasteiger partial charge in [-0.15, -0.1) is 0 Å². The van der Waals surface area contributed by atoms with E-state index in [2.05, 4.69) is 9.97 Å². The zero-order valence-electron chi connectivity index (χ0n) is 16.6. The molecule has 0 aliphatic carbocycles. The quantitative estimate of drug-likeness (QED) is 0.761. The van der Waals surface area contributed by atoms with Gasteiger partial charge in [0.05, 0.1) is 18.2 Å². The summed E-state index contributed by atoms with van der Waals surface area (Å²) in [4.78, 5) is 24.1. The molecular formula is C20H22F3N5O2. The highest BCUT2D eigenvalue weighted by Crippen LogP contribution is 2.42. The summed E-state index contributed by atoms with van der Waals surface area (Å²) < 4.78 is 45.0. The van der Waals surface area contributed by atoms with E-state index in [-0.39, 0.29) is 23.8 Å². The van der Waals surface area contributed by atoms with Gasteiger partial charge in [0.25, 0.3) is 0 Å². The van der Waals surface area contributed by atoms with E-state index in [1.807, 2.05) is 4.90 Å². The van der Waals surface area contributed by atoms with Crippen LogP contribution in [-0.2, 0) is 10.9 Å². The highest BCUT2D eigenvalue weighted by molar-refractivity contribution is 5.87. The van der Waals surface area contributed by atoms with Crippen molar-refractivity contribution in [2.45, 2.75) is 18.6 Å². The van der Waals surface area contributed by atoms with Crippen molar-refractivity contribution < 1.29 is 22.7 Å². The Bertz CT molecular complexity index is 983. The number of halogens is 3. The van der Waals surface area contributed by atoms with Crippen LogP contribution in [0.25, 0.3) is 0 Å². The number of para-hydroxylation sites is 1. The minimum atomic E-state index is -4.43. The molecule has 0 spiro atoms. The van der Waals surface area contributed by atoms with Crippen molar-refractivity contribution in [3.8, 4) is 0 Å². The molecule has 0 bridgehead atoms. The molecule has 2 N–H and O–H groups in total. The molecule has 0 radical (unpaired) electrons. The number of alkyl halides is 3. The molecule has 2 fully saturated rings. The van der Waals surface area contributed by atoms with Gasteiger partial charge >= 0.3 is 12.1 Å². The monoisotopic (exact) mass is 421 g/mol.